The monoisotopic (exact) mass is 258 g/mol. The fourth-order valence-electron chi connectivity index (χ4n) is 2.03. The Morgan fingerprint density at radius 2 is 1.42 bits per heavy atom. The molecule has 0 unspecified atom stereocenters. The van der Waals surface area contributed by atoms with Crippen LogP contribution in [0, 0.1) is 0 Å². The van der Waals surface area contributed by atoms with Crippen molar-refractivity contribution >= 4 is 11.4 Å². The number of aliphatic imine (C=N–C) groups is 2. The largest absolute Gasteiger partial charge is 0.317 e. The molecule has 0 aliphatic carbocycles. The zero-order valence-electron chi connectivity index (χ0n) is 11.8. The zero-order chi connectivity index (χ0) is 13.5. The summed E-state index contributed by atoms with van der Waals surface area (Å²) in [6.07, 6.45) is 2.14. The van der Waals surface area contributed by atoms with Crippen LogP contribution in [0.5, 0.6) is 0 Å². The fraction of sp³-hybridized carbons (Fsp3) is 0.533. The van der Waals surface area contributed by atoms with Crippen LogP contribution in [0.2, 0.25) is 0 Å². The molecule has 0 fully saturated rings. The average Bonchev–Trinajstić information content (AvgIpc) is 2.44. The van der Waals surface area contributed by atoms with Crippen LogP contribution >= 0.6 is 0 Å². The molecule has 0 saturated heterocycles. The molecule has 1 aromatic heterocycles. The van der Waals surface area contributed by atoms with Crippen molar-refractivity contribution in [2.75, 3.05) is 26.2 Å². The summed E-state index contributed by atoms with van der Waals surface area (Å²) < 4.78 is 0. The highest BCUT2D eigenvalue weighted by Gasteiger charge is 2.04. The van der Waals surface area contributed by atoms with E-state index in [1.165, 1.54) is 0 Å². The lowest BCUT2D eigenvalue weighted by atomic mass is 10.2. The molecule has 0 spiro atoms. The lowest BCUT2D eigenvalue weighted by Gasteiger charge is -2.07. The average molecular weight is 258 g/mol. The van der Waals surface area contributed by atoms with E-state index < -0.39 is 0 Å². The Bertz CT molecular complexity index is 438. The van der Waals surface area contributed by atoms with Gasteiger partial charge >= 0.3 is 0 Å². The van der Waals surface area contributed by atoms with E-state index in [4.69, 9.17) is 0 Å². The molecule has 0 atom stereocenters. The summed E-state index contributed by atoms with van der Waals surface area (Å²) in [5, 5.41) is 3.42. The zero-order valence-corrected chi connectivity index (χ0v) is 11.8. The third kappa shape index (κ3) is 4.24. The number of hydrogen-bond acceptors (Lipinski definition) is 4. The van der Waals surface area contributed by atoms with Crippen LogP contribution in [-0.4, -0.2) is 42.6 Å². The third-order valence-electron chi connectivity index (χ3n) is 3.21. The molecule has 1 aliphatic heterocycles. The highest BCUT2D eigenvalue weighted by Crippen LogP contribution is 2.04. The van der Waals surface area contributed by atoms with Gasteiger partial charge in [0.25, 0.3) is 0 Å². The van der Waals surface area contributed by atoms with E-state index in [1.54, 1.807) is 0 Å². The predicted octanol–water partition coefficient (Wildman–Crippen LogP) is 2.08. The quantitative estimate of drug-likeness (QED) is 0.774. The Balaban J connectivity index is 2.25. The van der Waals surface area contributed by atoms with Gasteiger partial charge in [0.2, 0.25) is 0 Å². The molecule has 2 bridgehead atoms. The molecule has 102 valence electrons. The Labute approximate surface area is 115 Å². The maximum Gasteiger partial charge on any atom is 0.0845 e. The van der Waals surface area contributed by atoms with Crippen LogP contribution in [0.4, 0.5) is 0 Å². The van der Waals surface area contributed by atoms with E-state index in [2.05, 4.69) is 20.3 Å². The van der Waals surface area contributed by atoms with Crippen LogP contribution in [0.3, 0.4) is 0 Å². The molecule has 0 aromatic carbocycles. The molecule has 4 nitrogen and oxygen atoms in total. The van der Waals surface area contributed by atoms with Crippen molar-refractivity contribution in [1.29, 1.82) is 0 Å². The fourth-order valence-corrected chi connectivity index (χ4v) is 2.03. The minimum atomic E-state index is 0.859. The van der Waals surface area contributed by atoms with Gasteiger partial charge in [-0.1, -0.05) is 6.07 Å². The van der Waals surface area contributed by atoms with E-state index >= 15 is 0 Å². The predicted molar refractivity (Wildman–Crippen MR) is 80.5 cm³/mol. The molecule has 1 N–H and O–H groups in total. The first-order valence-corrected chi connectivity index (χ1v) is 6.98. The van der Waals surface area contributed by atoms with Gasteiger partial charge in [0.1, 0.15) is 0 Å². The number of nitrogens with one attached hydrogen (secondary N) is 1. The summed E-state index contributed by atoms with van der Waals surface area (Å²) in [5.41, 5.74) is 3.92. The van der Waals surface area contributed by atoms with Crippen molar-refractivity contribution < 1.29 is 0 Å². The normalized spacial score (nSPS) is 18.2. The summed E-state index contributed by atoms with van der Waals surface area (Å²) in [6, 6.07) is 6.06. The van der Waals surface area contributed by atoms with Crippen molar-refractivity contribution in [3.63, 3.8) is 0 Å². The van der Waals surface area contributed by atoms with E-state index in [0.29, 0.717) is 0 Å². The number of hydrogen-bond donors (Lipinski definition) is 1. The maximum atomic E-state index is 4.65. The molecule has 0 saturated carbocycles. The second-order valence-electron chi connectivity index (χ2n) is 4.80. The SMILES string of the molecule is CC1=NCCCNCCCN=C(C)c2cccc1n2. The van der Waals surface area contributed by atoms with Crippen molar-refractivity contribution in [3.8, 4) is 0 Å². The second kappa shape index (κ2) is 7.14. The van der Waals surface area contributed by atoms with Gasteiger partial charge in [0, 0.05) is 13.1 Å². The summed E-state index contributed by atoms with van der Waals surface area (Å²) in [6.45, 7) is 7.81. The number of aromatic nitrogens is 1. The van der Waals surface area contributed by atoms with Crippen molar-refractivity contribution in [2.45, 2.75) is 26.7 Å². The Morgan fingerprint density at radius 1 is 0.895 bits per heavy atom. The first-order valence-electron chi connectivity index (χ1n) is 6.98. The highest BCUT2D eigenvalue weighted by molar-refractivity contribution is 6.00. The number of nitrogens with zero attached hydrogens (tertiary/aromatic N) is 3. The molecule has 0 radical (unpaired) electrons. The molecule has 2 heterocycles. The van der Waals surface area contributed by atoms with Crippen molar-refractivity contribution in [1.82, 2.24) is 10.3 Å². The van der Waals surface area contributed by atoms with Gasteiger partial charge in [0.05, 0.1) is 22.8 Å². The minimum Gasteiger partial charge on any atom is -0.317 e. The van der Waals surface area contributed by atoms with Crippen molar-refractivity contribution in [3.05, 3.63) is 29.6 Å². The van der Waals surface area contributed by atoms with Gasteiger partial charge in [-0.3, -0.25) is 9.98 Å². The van der Waals surface area contributed by atoms with Gasteiger partial charge < -0.3 is 5.32 Å². The molecule has 1 aliphatic rings. The molecular weight excluding hydrogens is 236 g/mol. The standard InChI is InChI=1S/C15H22N4/c1-12-14-6-3-7-15(19-14)13(2)18-11-5-9-16-8-4-10-17-12/h3,6-7,16H,4-5,8-11H2,1-2H3. The van der Waals surface area contributed by atoms with Gasteiger partial charge in [-0.15, -0.1) is 0 Å². The van der Waals surface area contributed by atoms with Gasteiger partial charge in [-0.05, 0) is 51.9 Å². The van der Waals surface area contributed by atoms with Crippen LogP contribution in [0.1, 0.15) is 38.1 Å². The molecule has 0 amide bonds. The molecule has 2 rings (SSSR count). The smallest absolute Gasteiger partial charge is 0.0845 e. The summed E-state index contributed by atoms with van der Waals surface area (Å²) in [4.78, 5) is 13.8. The van der Waals surface area contributed by atoms with Crippen LogP contribution in [0.15, 0.2) is 28.2 Å². The highest BCUT2D eigenvalue weighted by atomic mass is 14.9. The maximum absolute atomic E-state index is 4.65. The van der Waals surface area contributed by atoms with Crippen LogP contribution < -0.4 is 5.32 Å². The van der Waals surface area contributed by atoms with Gasteiger partial charge in [-0.25, -0.2) is 4.98 Å². The van der Waals surface area contributed by atoms with Crippen molar-refractivity contribution in [2.24, 2.45) is 9.98 Å². The summed E-state index contributed by atoms with van der Waals surface area (Å²) in [7, 11) is 0. The van der Waals surface area contributed by atoms with Gasteiger partial charge in [0.15, 0.2) is 0 Å². The topological polar surface area (TPSA) is 49.6 Å². The van der Waals surface area contributed by atoms with E-state index in [1.807, 2.05) is 32.0 Å². The number of pyridine rings is 1. The summed E-state index contributed by atoms with van der Waals surface area (Å²) in [5.74, 6) is 0. The Morgan fingerprint density at radius 3 is 1.95 bits per heavy atom. The number of rotatable bonds is 0. The van der Waals surface area contributed by atoms with E-state index in [9.17, 15) is 0 Å². The third-order valence-corrected chi connectivity index (χ3v) is 3.21. The number of fused-ring (bicyclic) bond motifs is 2. The second-order valence-corrected chi connectivity index (χ2v) is 4.80. The first kappa shape index (κ1) is 13.9. The minimum absolute atomic E-state index is 0.859. The molecular formula is C15H22N4. The summed E-state index contributed by atoms with van der Waals surface area (Å²) >= 11 is 0. The first-order chi connectivity index (χ1) is 9.27. The molecule has 4 heteroatoms. The Kier molecular flexibility index (Phi) is 5.21. The van der Waals surface area contributed by atoms with E-state index in [0.717, 1.165) is 61.8 Å². The lowest BCUT2D eigenvalue weighted by molar-refractivity contribution is 0.632. The lowest BCUT2D eigenvalue weighted by Crippen LogP contribution is -2.18. The van der Waals surface area contributed by atoms with Crippen LogP contribution in [0.25, 0.3) is 0 Å². The molecule has 19 heavy (non-hydrogen) atoms. The van der Waals surface area contributed by atoms with Crippen LogP contribution in [-0.2, 0) is 0 Å². The van der Waals surface area contributed by atoms with Gasteiger partial charge in [-0.2, -0.15) is 0 Å². The molecule has 1 aromatic rings. The Hall–Kier alpha value is -1.55. The van der Waals surface area contributed by atoms with E-state index in [-0.39, 0.29) is 0 Å².